The number of carbonyl (C=O) groups is 1. The summed E-state index contributed by atoms with van der Waals surface area (Å²) in [5.74, 6) is 0.332. The molecule has 4 atom stereocenters. The highest BCUT2D eigenvalue weighted by molar-refractivity contribution is 8.00. The summed E-state index contributed by atoms with van der Waals surface area (Å²) in [4.78, 5) is 14.3. The van der Waals surface area contributed by atoms with E-state index in [-0.39, 0.29) is 0 Å². The molecule has 2 nitrogen and oxygen atoms in total. The fourth-order valence-electron chi connectivity index (χ4n) is 4.05. The fraction of sp³-hybridized carbons (Fsp3) is 0.929. The Hall–Kier alpha value is -0.180. The predicted octanol–water partition coefficient (Wildman–Crippen LogP) is 3.20. The Balaban J connectivity index is 1.85. The zero-order chi connectivity index (χ0) is 11.8. The van der Waals surface area contributed by atoms with Crippen LogP contribution in [0, 0.1) is 0 Å². The summed E-state index contributed by atoms with van der Waals surface area (Å²) in [7, 11) is 0. The van der Waals surface area contributed by atoms with Crippen LogP contribution in [0.4, 0.5) is 0 Å². The Morgan fingerprint density at radius 3 is 1.88 bits per heavy atom. The van der Waals surface area contributed by atoms with E-state index in [2.05, 4.69) is 16.7 Å². The van der Waals surface area contributed by atoms with Crippen molar-refractivity contribution in [1.29, 1.82) is 0 Å². The van der Waals surface area contributed by atoms with Gasteiger partial charge in [-0.2, -0.15) is 11.8 Å². The number of thioether (sulfide) groups is 1. The number of hydrogen-bond donors (Lipinski definition) is 0. The minimum atomic E-state index is 0.332. The Labute approximate surface area is 109 Å². The van der Waals surface area contributed by atoms with Crippen LogP contribution in [0.3, 0.4) is 0 Å². The molecule has 1 saturated heterocycles. The highest BCUT2D eigenvalue weighted by atomic mass is 32.2. The molecular weight excluding hydrogens is 230 g/mol. The van der Waals surface area contributed by atoms with Crippen LogP contribution in [0.15, 0.2) is 0 Å². The van der Waals surface area contributed by atoms with Gasteiger partial charge in [0.25, 0.3) is 0 Å². The van der Waals surface area contributed by atoms with Gasteiger partial charge in [0.1, 0.15) is 0 Å². The largest absolute Gasteiger partial charge is 0.335 e. The van der Waals surface area contributed by atoms with E-state index in [1.807, 2.05) is 0 Å². The van der Waals surface area contributed by atoms with E-state index in [1.165, 1.54) is 51.4 Å². The Bertz CT molecular complexity index is 285. The second-order valence-electron chi connectivity index (χ2n) is 5.84. The molecule has 17 heavy (non-hydrogen) atoms. The van der Waals surface area contributed by atoms with Crippen molar-refractivity contribution in [2.45, 2.75) is 80.9 Å². The molecule has 1 aliphatic heterocycles. The molecule has 0 aromatic heterocycles. The van der Waals surface area contributed by atoms with E-state index in [1.54, 1.807) is 6.92 Å². The lowest BCUT2D eigenvalue weighted by Gasteiger charge is -2.53. The first-order valence-electron chi connectivity index (χ1n) is 7.22. The van der Waals surface area contributed by atoms with Crippen LogP contribution in [0.5, 0.6) is 0 Å². The van der Waals surface area contributed by atoms with Crippen LogP contribution >= 0.6 is 11.8 Å². The Kier molecular flexibility index (Phi) is 3.38. The van der Waals surface area contributed by atoms with Crippen molar-refractivity contribution in [3.8, 4) is 0 Å². The summed E-state index contributed by atoms with van der Waals surface area (Å²) in [6.07, 6.45) is 10.6. The smallest absolute Gasteiger partial charge is 0.220 e. The van der Waals surface area contributed by atoms with Crippen LogP contribution in [-0.4, -0.2) is 33.4 Å². The van der Waals surface area contributed by atoms with Crippen molar-refractivity contribution in [3.63, 3.8) is 0 Å². The molecule has 0 bridgehead atoms. The molecule has 3 aliphatic rings. The maximum Gasteiger partial charge on any atom is 0.220 e. The number of amides is 1. The second kappa shape index (κ2) is 4.83. The number of nitrogens with zero attached hydrogens (tertiary/aromatic N) is 1. The number of hydrogen-bond acceptors (Lipinski definition) is 2. The monoisotopic (exact) mass is 253 g/mol. The van der Waals surface area contributed by atoms with Crippen LogP contribution in [-0.2, 0) is 4.79 Å². The third kappa shape index (κ3) is 2.11. The summed E-state index contributed by atoms with van der Waals surface area (Å²) in [6, 6.07) is 1.12. The maximum atomic E-state index is 12.0. The summed E-state index contributed by atoms with van der Waals surface area (Å²) < 4.78 is 0. The van der Waals surface area contributed by atoms with Gasteiger partial charge >= 0.3 is 0 Å². The molecule has 3 heteroatoms. The van der Waals surface area contributed by atoms with Crippen molar-refractivity contribution < 1.29 is 4.79 Å². The lowest BCUT2D eigenvalue weighted by Crippen LogP contribution is -2.60. The Morgan fingerprint density at radius 2 is 1.41 bits per heavy atom. The summed E-state index contributed by atoms with van der Waals surface area (Å²) in [6.45, 7) is 1.79. The first kappa shape index (κ1) is 11.9. The van der Waals surface area contributed by atoms with Crippen LogP contribution in [0.25, 0.3) is 0 Å². The topological polar surface area (TPSA) is 20.3 Å². The quantitative estimate of drug-likeness (QED) is 0.661. The van der Waals surface area contributed by atoms with Gasteiger partial charge in [0.15, 0.2) is 0 Å². The normalized spacial score (nSPS) is 41.6. The molecule has 0 spiro atoms. The highest BCUT2D eigenvalue weighted by Gasteiger charge is 2.45. The summed E-state index contributed by atoms with van der Waals surface area (Å²) >= 11 is 2.23. The van der Waals surface area contributed by atoms with Crippen LogP contribution in [0.2, 0.25) is 0 Å². The highest BCUT2D eigenvalue weighted by Crippen LogP contribution is 2.46. The summed E-state index contributed by atoms with van der Waals surface area (Å²) in [5.41, 5.74) is 0. The average molecular weight is 253 g/mol. The van der Waals surface area contributed by atoms with Gasteiger partial charge in [-0.15, -0.1) is 0 Å². The van der Waals surface area contributed by atoms with Crippen LogP contribution in [0.1, 0.15) is 58.3 Å². The third-order valence-electron chi connectivity index (χ3n) is 4.76. The second-order valence-corrected chi connectivity index (χ2v) is 7.33. The molecule has 0 aromatic carbocycles. The number of carbonyl (C=O) groups excluding carboxylic acids is 1. The molecule has 1 heterocycles. The van der Waals surface area contributed by atoms with Crippen molar-refractivity contribution >= 4 is 17.7 Å². The lowest BCUT2D eigenvalue weighted by atomic mass is 9.87. The molecule has 2 saturated carbocycles. The SMILES string of the molecule is CC(=O)N1[C@@H]2CCCC[C@@H]2S[C@H]2CCCC[C@H]21. The summed E-state index contributed by atoms with van der Waals surface area (Å²) in [5, 5.41) is 1.49. The number of fused-ring (bicyclic) bond motifs is 2. The molecule has 3 rings (SSSR count). The molecule has 1 amide bonds. The average Bonchev–Trinajstić information content (AvgIpc) is 2.35. The first-order chi connectivity index (χ1) is 8.27. The van der Waals surface area contributed by atoms with E-state index in [9.17, 15) is 4.79 Å². The van der Waals surface area contributed by atoms with Gasteiger partial charge in [0.05, 0.1) is 0 Å². The van der Waals surface area contributed by atoms with E-state index >= 15 is 0 Å². The Morgan fingerprint density at radius 1 is 0.941 bits per heavy atom. The van der Waals surface area contributed by atoms with Crippen molar-refractivity contribution in [2.75, 3.05) is 0 Å². The van der Waals surface area contributed by atoms with Gasteiger partial charge < -0.3 is 4.90 Å². The van der Waals surface area contributed by atoms with Gasteiger partial charge in [-0.1, -0.05) is 25.7 Å². The van der Waals surface area contributed by atoms with Gasteiger partial charge in [0, 0.05) is 29.5 Å². The van der Waals surface area contributed by atoms with Gasteiger partial charge in [0.2, 0.25) is 5.91 Å². The maximum absolute atomic E-state index is 12.0. The molecule has 3 fully saturated rings. The van der Waals surface area contributed by atoms with Crippen molar-refractivity contribution in [3.05, 3.63) is 0 Å². The van der Waals surface area contributed by atoms with Crippen molar-refractivity contribution in [2.24, 2.45) is 0 Å². The van der Waals surface area contributed by atoms with E-state index in [0.29, 0.717) is 18.0 Å². The van der Waals surface area contributed by atoms with E-state index in [0.717, 1.165) is 10.5 Å². The number of rotatable bonds is 0. The minimum Gasteiger partial charge on any atom is -0.335 e. The van der Waals surface area contributed by atoms with Gasteiger partial charge in [-0.3, -0.25) is 4.79 Å². The molecule has 0 unspecified atom stereocenters. The van der Waals surface area contributed by atoms with Gasteiger partial charge in [-0.25, -0.2) is 0 Å². The molecule has 0 aromatic rings. The predicted molar refractivity (Wildman–Crippen MR) is 72.2 cm³/mol. The fourth-order valence-corrected chi connectivity index (χ4v) is 6.00. The molecule has 0 radical (unpaired) electrons. The molecule has 0 N–H and O–H groups in total. The van der Waals surface area contributed by atoms with E-state index in [4.69, 9.17) is 0 Å². The van der Waals surface area contributed by atoms with E-state index < -0.39 is 0 Å². The zero-order valence-corrected chi connectivity index (χ0v) is 11.5. The zero-order valence-electron chi connectivity index (χ0n) is 10.7. The lowest BCUT2D eigenvalue weighted by molar-refractivity contribution is -0.135. The molecular formula is C14H23NOS. The molecule has 96 valence electrons. The van der Waals surface area contributed by atoms with Gasteiger partial charge in [-0.05, 0) is 25.7 Å². The third-order valence-corrected chi connectivity index (χ3v) is 6.56. The first-order valence-corrected chi connectivity index (χ1v) is 8.16. The van der Waals surface area contributed by atoms with Crippen LogP contribution < -0.4 is 0 Å². The standard InChI is InChI=1S/C14H23NOS/c1-10(16)15-11-6-2-4-8-13(11)17-14-9-5-3-7-12(14)15/h11-14H,2-9H2,1H3/t11-,12-,13+,14+/m1/s1. The minimum absolute atomic E-state index is 0.332. The van der Waals surface area contributed by atoms with Crippen molar-refractivity contribution in [1.82, 2.24) is 4.90 Å². The molecule has 2 aliphatic carbocycles.